The predicted molar refractivity (Wildman–Crippen MR) is 63.8 cm³/mol. The van der Waals surface area contributed by atoms with Crippen LogP contribution < -0.4 is 10.6 Å². The smallest absolute Gasteiger partial charge is 0.0373 e. The highest BCUT2D eigenvalue weighted by Gasteiger charge is 2.17. The summed E-state index contributed by atoms with van der Waals surface area (Å²) in [6.45, 7) is 2.16. The van der Waals surface area contributed by atoms with Crippen molar-refractivity contribution in [1.82, 2.24) is 5.32 Å². The lowest BCUT2D eigenvalue weighted by Gasteiger charge is -2.26. The van der Waals surface area contributed by atoms with Crippen LogP contribution in [0.4, 0.5) is 5.69 Å². The van der Waals surface area contributed by atoms with Crippen molar-refractivity contribution in [1.29, 1.82) is 0 Å². The fourth-order valence-electron chi connectivity index (χ4n) is 1.97. The average Bonchev–Trinajstić information content (AvgIpc) is 2.17. The number of nitrogens with one attached hydrogen (secondary N) is 2. The second-order valence-electron chi connectivity index (χ2n) is 3.81. The first-order valence-corrected chi connectivity index (χ1v) is 5.76. The van der Waals surface area contributed by atoms with Gasteiger partial charge in [0.25, 0.3) is 0 Å². The standard InChI is InChI=1S/C11H15BrN2/c1-13-6-8-4-9-5-10(12)2-3-11(9)14-7-8/h2-3,5,8,13-14H,4,6-7H2,1H3. The Morgan fingerprint density at radius 2 is 2.43 bits per heavy atom. The summed E-state index contributed by atoms with van der Waals surface area (Å²) >= 11 is 3.51. The number of hydrogen-bond acceptors (Lipinski definition) is 2. The van der Waals surface area contributed by atoms with E-state index < -0.39 is 0 Å². The highest BCUT2D eigenvalue weighted by molar-refractivity contribution is 9.10. The van der Waals surface area contributed by atoms with E-state index in [9.17, 15) is 0 Å². The van der Waals surface area contributed by atoms with Gasteiger partial charge in [-0.05, 0) is 49.7 Å². The Balaban J connectivity index is 2.16. The van der Waals surface area contributed by atoms with Crippen molar-refractivity contribution < 1.29 is 0 Å². The lowest BCUT2D eigenvalue weighted by Crippen LogP contribution is -2.30. The number of anilines is 1. The van der Waals surface area contributed by atoms with Crippen molar-refractivity contribution in [3.05, 3.63) is 28.2 Å². The molecule has 0 amide bonds. The molecule has 3 heteroatoms. The largest absolute Gasteiger partial charge is 0.384 e. The van der Waals surface area contributed by atoms with Crippen molar-refractivity contribution in [2.24, 2.45) is 5.92 Å². The lowest BCUT2D eigenvalue weighted by atomic mass is 9.94. The van der Waals surface area contributed by atoms with E-state index in [4.69, 9.17) is 0 Å². The van der Waals surface area contributed by atoms with Gasteiger partial charge in [0.2, 0.25) is 0 Å². The highest BCUT2D eigenvalue weighted by Crippen LogP contribution is 2.27. The molecule has 0 aromatic heterocycles. The molecule has 2 rings (SSSR count). The highest BCUT2D eigenvalue weighted by atomic mass is 79.9. The predicted octanol–water partition coefficient (Wildman–Crippen LogP) is 2.25. The minimum Gasteiger partial charge on any atom is -0.384 e. The molecule has 0 fully saturated rings. The molecule has 0 bridgehead atoms. The lowest BCUT2D eigenvalue weighted by molar-refractivity contribution is 0.508. The van der Waals surface area contributed by atoms with Gasteiger partial charge in [0.05, 0.1) is 0 Å². The van der Waals surface area contributed by atoms with Gasteiger partial charge in [-0.15, -0.1) is 0 Å². The summed E-state index contributed by atoms with van der Waals surface area (Å²) in [4.78, 5) is 0. The van der Waals surface area contributed by atoms with Crippen molar-refractivity contribution in [2.75, 3.05) is 25.5 Å². The Hall–Kier alpha value is -0.540. The van der Waals surface area contributed by atoms with Crippen LogP contribution in [0.2, 0.25) is 0 Å². The second-order valence-corrected chi connectivity index (χ2v) is 4.73. The molecule has 0 aliphatic carbocycles. The third kappa shape index (κ3) is 2.10. The zero-order chi connectivity index (χ0) is 9.97. The molecule has 0 saturated heterocycles. The molecule has 2 nitrogen and oxygen atoms in total. The first-order chi connectivity index (χ1) is 6.79. The molecule has 14 heavy (non-hydrogen) atoms. The van der Waals surface area contributed by atoms with Crippen LogP contribution in [-0.2, 0) is 6.42 Å². The minimum atomic E-state index is 0.710. The quantitative estimate of drug-likeness (QED) is 0.847. The van der Waals surface area contributed by atoms with Gasteiger partial charge in [0.15, 0.2) is 0 Å². The molecular weight excluding hydrogens is 240 g/mol. The number of rotatable bonds is 2. The van der Waals surface area contributed by atoms with Crippen LogP contribution in [0.15, 0.2) is 22.7 Å². The summed E-state index contributed by atoms with van der Waals surface area (Å²) in [6.07, 6.45) is 1.17. The fourth-order valence-corrected chi connectivity index (χ4v) is 2.38. The Morgan fingerprint density at radius 1 is 1.57 bits per heavy atom. The fraction of sp³-hybridized carbons (Fsp3) is 0.455. The Morgan fingerprint density at radius 3 is 3.21 bits per heavy atom. The Kier molecular flexibility index (Phi) is 3.08. The summed E-state index contributed by atoms with van der Waals surface area (Å²) in [5.41, 5.74) is 2.71. The number of benzene rings is 1. The molecule has 1 aliphatic heterocycles. The van der Waals surface area contributed by atoms with E-state index in [1.165, 1.54) is 22.1 Å². The molecule has 1 aromatic rings. The zero-order valence-electron chi connectivity index (χ0n) is 8.31. The van der Waals surface area contributed by atoms with E-state index in [1.807, 2.05) is 7.05 Å². The molecule has 1 aromatic carbocycles. The van der Waals surface area contributed by atoms with E-state index in [2.05, 4.69) is 44.8 Å². The average molecular weight is 255 g/mol. The number of halogens is 1. The molecule has 1 unspecified atom stereocenters. The van der Waals surface area contributed by atoms with E-state index in [0.717, 1.165) is 13.1 Å². The van der Waals surface area contributed by atoms with Gasteiger partial charge in [-0.3, -0.25) is 0 Å². The summed E-state index contributed by atoms with van der Waals surface area (Å²) in [5.74, 6) is 0.710. The normalized spacial score (nSPS) is 20.0. The van der Waals surface area contributed by atoms with Gasteiger partial charge < -0.3 is 10.6 Å². The van der Waals surface area contributed by atoms with Crippen molar-refractivity contribution in [2.45, 2.75) is 6.42 Å². The SMILES string of the molecule is CNCC1CNc2ccc(Br)cc2C1. The Labute approximate surface area is 93.2 Å². The van der Waals surface area contributed by atoms with Crippen LogP contribution in [0.1, 0.15) is 5.56 Å². The summed E-state index contributed by atoms with van der Waals surface area (Å²) in [6, 6.07) is 6.45. The number of fused-ring (bicyclic) bond motifs is 1. The van der Waals surface area contributed by atoms with E-state index in [0.29, 0.717) is 5.92 Å². The molecular formula is C11H15BrN2. The Bertz CT molecular complexity index is 325. The van der Waals surface area contributed by atoms with Gasteiger partial charge >= 0.3 is 0 Å². The van der Waals surface area contributed by atoms with E-state index in [-0.39, 0.29) is 0 Å². The van der Waals surface area contributed by atoms with Crippen LogP contribution in [0.3, 0.4) is 0 Å². The van der Waals surface area contributed by atoms with Crippen molar-refractivity contribution >= 4 is 21.6 Å². The van der Waals surface area contributed by atoms with E-state index >= 15 is 0 Å². The van der Waals surface area contributed by atoms with Crippen LogP contribution in [0.5, 0.6) is 0 Å². The molecule has 76 valence electrons. The molecule has 0 saturated carbocycles. The zero-order valence-corrected chi connectivity index (χ0v) is 9.89. The molecule has 2 N–H and O–H groups in total. The van der Waals surface area contributed by atoms with Crippen LogP contribution in [0.25, 0.3) is 0 Å². The van der Waals surface area contributed by atoms with Gasteiger partial charge in [-0.25, -0.2) is 0 Å². The maximum absolute atomic E-state index is 3.51. The molecule has 1 atom stereocenters. The molecule has 1 aliphatic rings. The summed E-state index contributed by atoms with van der Waals surface area (Å²) in [7, 11) is 2.01. The maximum atomic E-state index is 3.51. The minimum absolute atomic E-state index is 0.710. The summed E-state index contributed by atoms with van der Waals surface area (Å²) < 4.78 is 1.17. The van der Waals surface area contributed by atoms with Crippen LogP contribution in [0, 0.1) is 5.92 Å². The van der Waals surface area contributed by atoms with Crippen LogP contribution in [-0.4, -0.2) is 20.1 Å². The number of hydrogen-bond donors (Lipinski definition) is 2. The molecule has 1 heterocycles. The van der Waals surface area contributed by atoms with Crippen LogP contribution >= 0.6 is 15.9 Å². The monoisotopic (exact) mass is 254 g/mol. The van der Waals surface area contributed by atoms with Gasteiger partial charge in [0.1, 0.15) is 0 Å². The molecule has 0 spiro atoms. The maximum Gasteiger partial charge on any atom is 0.0373 e. The van der Waals surface area contributed by atoms with E-state index in [1.54, 1.807) is 0 Å². The molecule has 0 radical (unpaired) electrons. The van der Waals surface area contributed by atoms with Crippen molar-refractivity contribution in [3.63, 3.8) is 0 Å². The van der Waals surface area contributed by atoms with Crippen molar-refractivity contribution in [3.8, 4) is 0 Å². The third-order valence-corrected chi connectivity index (χ3v) is 3.14. The van der Waals surface area contributed by atoms with Gasteiger partial charge in [-0.1, -0.05) is 15.9 Å². The summed E-state index contributed by atoms with van der Waals surface area (Å²) in [5, 5.41) is 6.70. The van der Waals surface area contributed by atoms with Gasteiger partial charge in [-0.2, -0.15) is 0 Å². The first-order valence-electron chi connectivity index (χ1n) is 4.96. The van der Waals surface area contributed by atoms with Gasteiger partial charge in [0, 0.05) is 16.7 Å². The third-order valence-electron chi connectivity index (χ3n) is 2.65. The second kappa shape index (κ2) is 4.32. The topological polar surface area (TPSA) is 24.1 Å². The first kappa shape index (κ1) is 9.99.